The van der Waals surface area contributed by atoms with Gasteiger partial charge in [0.15, 0.2) is 6.54 Å². The minimum absolute atomic E-state index is 0.0332. The number of amides is 1. The fourth-order valence-corrected chi connectivity index (χ4v) is 5.90. The molecule has 126 valence electrons. The number of fused-ring (bicyclic) bond motifs is 1. The van der Waals surface area contributed by atoms with Gasteiger partial charge in [0.2, 0.25) is 0 Å². The molecular formula is C18H16N3OS3+. The Morgan fingerprint density at radius 3 is 2.92 bits per heavy atom. The van der Waals surface area contributed by atoms with Gasteiger partial charge < -0.3 is 10.2 Å². The van der Waals surface area contributed by atoms with Gasteiger partial charge in [0.05, 0.1) is 17.0 Å². The minimum atomic E-state index is -0.0332. The molecule has 0 fully saturated rings. The first-order chi connectivity index (χ1) is 12.3. The molecular weight excluding hydrogens is 370 g/mol. The molecule has 2 atom stereocenters. The van der Waals surface area contributed by atoms with Gasteiger partial charge in [0.25, 0.3) is 5.91 Å². The molecule has 0 radical (unpaired) electrons. The van der Waals surface area contributed by atoms with Crippen LogP contribution in [0, 0.1) is 11.3 Å². The van der Waals surface area contributed by atoms with E-state index in [0.29, 0.717) is 17.1 Å². The lowest BCUT2D eigenvalue weighted by Gasteiger charge is -2.31. The van der Waals surface area contributed by atoms with Gasteiger partial charge >= 0.3 is 0 Å². The number of nitrogens with zero attached hydrogens (tertiary/aromatic N) is 1. The Morgan fingerprint density at radius 1 is 1.24 bits per heavy atom. The molecule has 0 saturated carbocycles. The number of carbonyl (C=O) groups is 1. The second kappa shape index (κ2) is 7.10. The van der Waals surface area contributed by atoms with Gasteiger partial charge in [-0.25, -0.2) is 0 Å². The van der Waals surface area contributed by atoms with Gasteiger partial charge in [0, 0.05) is 16.9 Å². The van der Waals surface area contributed by atoms with Gasteiger partial charge in [-0.2, -0.15) is 5.26 Å². The van der Waals surface area contributed by atoms with E-state index in [0.717, 1.165) is 13.0 Å². The third kappa shape index (κ3) is 3.26. The largest absolute Gasteiger partial charge is 0.316 e. The van der Waals surface area contributed by atoms with Crippen molar-refractivity contribution in [2.24, 2.45) is 0 Å². The summed E-state index contributed by atoms with van der Waals surface area (Å²) in [5.74, 6) is -0.0332. The van der Waals surface area contributed by atoms with E-state index in [4.69, 9.17) is 5.26 Å². The molecule has 0 aliphatic carbocycles. The van der Waals surface area contributed by atoms with E-state index in [1.807, 2.05) is 16.7 Å². The number of thiophene rings is 3. The molecule has 4 heterocycles. The maximum absolute atomic E-state index is 12.6. The Hall–Kier alpha value is -1.98. The maximum atomic E-state index is 12.6. The molecule has 1 aliphatic rings. The van der Waals surface area contributed by atoms with Crippen LogP contribution in [0.5, 0.6) is 0 Å². The fourth-order valence-electron chi connectivity index (χ4n) is 3.32. The summed E-state index contributed by atoms with van der Waals surface area (Å²) in [6.45, 7) is 1.35. The number of rotatable bonds is 4. The van der Waals surface area contributed by atoms with Crippen molar-refractivity contribution in [2.75, 3.05) is 18.4 Å². The number of nitriles is 1. The molecule has 3 aromatic heterocycles. The van der Waals surface area contributed by atoms with Crippen molar-refractivity contribution < 1.29 is 9.69 Å². The van der Waals surface area contributed by atoms with Crippen LogP contribution in [0.2, 0.25) is 0 Å². The molecule has 1 aliphatic heterocycles. The quantitative estimate of drug-likeness (QED) is 0.724. The summed E-state index contributed by atoms with van der Waals surface area (Å²) in [7, 11) is 0. The molecule has 2 N–H and O–H groups in total. The van der Waals surface area contributed by atoms with Crippen molar-refractivity contribution in [3.8, 4) is 6.07 Å². The lowest BCUT2D eigenvalue weighted by molar-refractivity contribution is -0.919. The first-order valence-corrected chi connectivity index (χ1v) is 10.6. The van der Waals surface area contributed by atoms with Crippen LogP contribution >= 0.6 is 34.0 Å². The zero-order valence-electron chi connectivity index (χ0n) is 13.3. The Labute approximate surface area is 158 Å². The summed E-state index contributed by atoms with van der Waals surface area (Å²) in [6.07, 6.45) is 1.01. The molecule has 0 bridgehead atoms. The third-order valence-electron chi connectivity index (χ3n) is 4.43. The molecule has 1 unspecified atom stereocenters. The lowest BCUT2D eigenvalue weighted by atomic mass is 9.98. The van der Waals surface area contributed by atoms with Crippen LogP contribution in [0.15, 0.2) is 40.4 Å². The van der Waals surface area contributed by atoms with Crippen LogP contribution in [0.4, 0.5) is 5.00 Å². The molecule has 4 nitrogen and oxygen atoms in total. The number of hydrogen-bond acceptors (Lipinski definition) is 5. The maximum Gasteiger partial charge on any atom is 0.280 e. The number of carbonyl (C=O) groups excluding carboxylic acids is 1. The molecule has 4 rings (SSSR count). The first-order valence-electron chi connectivity index (χ1n) is 7.98. The second-order valence-corrected chi connectivity index (χ2v) is 8.80. The second-order valence-electron chi connectivity index (χ2n) is 5.91. The highest BCUT2D eigenvalue weighted by molar-refractivity contribution is 7.14. The van der Waals surface area contributed by atoms with Gasteiger partial charge in [-0.05, 0) is 34.3 Å². The van der Waals surface area contributed by atoms with Crippen molar-refractivity contribution in [3.63, 3.8) is 0 Å². The van der Waals surface area contributed by atoms with Gasteiger partial charge in [-0.1, -0.05) is 6.07 Å². The van der Waals surface area contributed by atoms with Crippen molar-refractivity contribution >= 4 is 44.9 Å². The Kier molecular flexibility index (Phi) is 4.68. The zero-order chi connectivity index (χ0) is 17.2. The highest BCUT2D eigenvalue weighted by Gasteiger charge is 2.35. The fraction of sp³-hybridized carbons (Fsp3) is 0.222. The first kappa shape index (κ1) is 16.5. The SMILES string of the molecule is N#Cc1ccsc1NC(=O)C[NH+]1CCc2sccc2[C@H]1c1cccs1. The van der Waals surface area contributed by atoms with E-state index in [1.165, 1.54) is 31.6 Å². The van der Waals surface area contributed by atoms with Gasteiger partial charge in [-0.15, -0.1) is 34.0 Å². The zero-order valence-corrected chi connectivity index (χ0v) is 15.8. The molecule has 0 saturated heterocycles. The topological polar surface area (TPSA) is 57.3 Å². The summed E-state index contributed by atoms with van der Waals surface area (Å²) in [5.41, 5.74) is 1.89. The van der Waals surface area contributed by atoms with Crippen LogP contribution in [0.1, 0.15) is 26.9 Å². The van der Waals surface area contributed by atoms with Crippen molar-refractivity contribution in [1.29, 1.82) is 5.26 Å². The molecule has 0 spiro atoms. The summed E-state index contributed by atoms with van der Waals surface area (Å²) in [4.78, 5) is 16.6. The summed E-state index contributed by atoms with van der Waals surface area (Å²) >= 11 is 4.96. The highest BCUT2D eigenvalue weighted by Crippen LogP contribution is 2.31. The van der Waals surface area contributed by atoms with Crippen LogP contribution < -0.4 is 10.2 Å². The molecule has 25 heavy (non-hydrogen) atoms. The third-order valence-corrected chi connectivity index (χ3v) is 7.19. The number of hydrogen-bond donors (Lipinski definition) is 2. The van der Waals surface area contributed by atoms with Crippen LogP contribution in [0.25, 0.3) is 0 Å². The van der Waals surface area contributed by atoms with E-state index < -0.39 is 0 Å². The van der Waals surface area contributed by atoms with E-state index in [2.05, 4.69) is 40.3 Å². The molecule has 7 heteroatoms. The lowest BCUT2D eigenvalue weighted by Crippen LogP contribution is -3.14. The monoisotopic (exact) mass is 386 g/mol. The van der Waals surface area contributed by atoms with Crippen LogP contribution in [-0.2, 0) is 11.2 Å². The normalized spacial score (nSPS) is 19.2. The van der Waals surface area contributed by atoms with Gasteiger partial charge in [0.1, 0.15) is 17.1 Å². The summed E-state index contributed by atoms with van der Waals surface area (Å²) in [6, 6.07) is 10.5. The van der Waals surface area contributed by atoms with E-state index in [1.54, 1.807) is 17.4 Å². The Morgan fingerprint density at radius 2 is 2.12 bits per heavy atom. The number of anilines is 1. The van der Waals surface area contributed by atoms with E-state index >= 15 is 0 Å². The van der Waals surface area contributed by atoms with Crippen LogP contribution in [-0.4, -0.2) is 19.0 Å². The summed E-state index contributed by atoms with van der Waals surface area (Å²) < 4.78 is 0. The Balaban J connectivity index is 1.55. The smallest absolute Gasteiger partial charge is 0.280 e. The predicted octanol–water partition coefficient (Wildman–Crippen LogP) is 2.91. The summed E-state index contributed by atoms with van der Waals surface area (Å²) in [5, 5.41) is 18.7. The van der Waals surface area contributed by atoms with Crippen molar-refractivity contribution in [3.05, 3.63) is 61.3 Å². The van der Waals surface area contributed by atoms with E-state index in [-0.39, 0.29) is 11.9 Å². The van der Waals surface area contributed by atoms with E-state index in [9.17, 15) is 4.79 Å². The number of quaternary nitrogens is 1. The number of nitrogens with one attached hydrogen (secondary N) is 2. The predicted molar refractivity (Wildman–Crippen MR) is 103 cm³/mol. The highest BCUT2D eigenvalue weighted by atomic mass is 32.1. The standard InChI is InChI=1S/C18H15N3OS3/c19-10-12-4-8-25-18(12)20-16(22)11-21-6-3-14-13(5-9-24-14)17(21)15-2-1-7-23-15/h1-2,4-5,7-9,17H,3,6,11H2,(H,20,22)/p+1/t17-/m0/s1. The molecule has 0 aromatic carbocycles. The van der Waals surface area contributed by atoms with Crippen LogP contribution in [0.3, 0.4) is 0 Å². The van der Waals surface area contributed by atoms with Gasteiger partial charge in [-0.3, -0.25) is 4.79 Å². The van der Waals surface area contributed by atoms with Crippen molar-refractivity contribution in [2.45, 2.75) is 12.5 Å². The minimum Gasteiger partial charge on any atom is -0.316 e. The van der Waals surface area contributed by atoms with Crippen molar-refractivity contribution in [1.82, 2.24) is 0 Å². The average Bonchev–Trinajstić information content (AvgIpc) is 3.35. The average molecular weight is 387 g/mol. The Bertz CT molecular complexity index is 920. The molecule has 3 aromatic rings. The molecule has 1 amide bonds.